The van der Waals surface area contributed by atoms with Crippen LogP contribution in [0.2, 0.25) is 0 Å². The van der Waals surface area contributed by atoms with Gasteiger partial charge in [-0.25, -0.2) is 4.98 Å². The lowest BCUT2D eigenvalue weighted by molar-refractivity contribution is 0.0668. The number of fused-ring (bicyclic) bond motifs is 1. The van der Waals surface area contributed by atoms with Crippen LogP contribution in [0.3, 0.4) is 0 Å². The number of methoxy groups -OCH3 is 3. The molecule has 0 spiro atoms. The van der Waals surface area contributed by atoms with Crippen LogP contribution < -0.4 is 20.5 Å². The van der Waals surface area contributed by atoms with Crippen molar-refractivity contribution in [2.75, 3.05) is 32.4 Å². The van der Waals surface area contributed by atoms with Gasteiger partial charge in [0.15, 0.2) is 11.5 Å². The van der Waals surface area contributed by atoms with Crippen LogP contribution in [0.4, 0.5) is 11.8 Å². The van der Waals surface area contributed by atoms with E-state index in [0.29, 0.717) is 35.4 Å². The largest absolute Gasteiger partial charge is 0.493 e. The van der Waals surface area contributed by atoms with E-state index in [1.165, 1.54) is 0 Å². The number of benzene rings is 1. The van der Waals surface area contributed by atoms with Crippen molar-refractivity contribution in [2.45, 2.75) is 37.8 Å². The number of hydrogen-bond acceptors (Lipinski definition) is 7. The van der Waals surface area contributed by atoms with Crippen LogP contribution in [-0.4, -0.2) is 43.4 Å². The SMILES string of the molecule is COc1cc2nc(NC3CCCC(OC)C3)nc(N)c2cc1OC. The first-order valence-corrected chi connectivity index (χ1v) is 8.13. The molecule has 1 fully saturated rings. The second kappa shape index (κ2) is 7.09. The Morgan fingerprint density at radius 2 is 1.83 bits per heavy atom. The highest BCUT2D eigenvalue weighted by Crippen LogP contribution is 2.34. The molecule has 1 aliphatic rings. The smallest absolute Gasteiger partial charge is 0.225 e. The predicted molar refractivity (Wildman–Crippen MR) is 93.7 cm³/mol. The number of ether oxygens (including phenoxy) is 3. The van der Waals surface area contributed by atoms with E-state index >= 15 is 0 Å². The van der Waals surface area contributed by atoms with Crippen molar-refractivity contribution in [3.8, 4) is 11.5 Å². The number of nitrogen functional groups attached to an aromatic ring is 1. The van der Waals surface area contributed by atoms with Crippen LogP contribution in [-0.2, 0) is 4.74 Å². The highest BCUT2D eigenvalue weighted by molar-refractivity contribution is 5.91. The molecule has 1 aromatic heterocycles. The molecule has 0 bridgehead atoms. The summed E-state index contributed by atoms with van der Waals surface area (Å²) in [6, 6.07) is 3.91. The number of hydrogen-bond donors (Lipinski definition) is 2. The molecule has 0 amide bonds. The minimum absolute atomic E-state index is 0.290. The molecule has 0 aliphatic heterocycles. The van der Waals surface area contributed by atoms with Crippen molar-refractivity contribution >= 4 is 22.7 Å². The molecular formula is C17H24N4O3. The van der Waals surface area contributed by atoms with Gasteiger partial charge in [0.05, 0.1) is 25.8 Å². The number of nitrogens with one attached hydrogen (secondary N) is 1. The van der Waals surface area contributed by atoms with Gasteiger partial charge < -0.3 is 25.3 Å². The summed E-state index contributed by atoms with van der Waals surface area (Å²) in [5.41, 5.74) is 6.84. The molecule has 24 heavy (non-hydrogen) atoms. The van der Waals surface area contributed by atoms with Crippen molar-refractivity contribution < 1.29 is 14.2 Å². The van der Waals surface area contributed by atoms with E-state index in [4.69, 9.17) is 19.9 Å². The summed E-state index contributed by atoms with van der Waals surface area (Å²) in [5, 5.41) is 4.14. The highest BCUT2D eigenvalue weighted by Gasteiger charge is 2.22. The van der Waals surface area contributed by atoms with E-state index in [2.05, 4.69) is 15.3 Å². The summed E-state index contributed by atoms with van der Waals surface area (Å²) in [4.78, 5) is 8.98. The summed E-state index contributed by atoms with van der Waals surface area (Å²) >= 11 is 0. The second-order valence-electron chi connectivity index (χ2n) is 6.02. The van der Waals surface area contributed by atoms with E-state index in [1.807, 2.05) is 6.07 Å². The van der Waals surface area contributed by atoms with Crippen LogP contribution in [0.5, 0.6) is 11.5 Å². The second-order valence-corrected chi connectivity index (χ2v) is 6.02. The lowest BCUT2D eigenvalue weighted by Crippen LogP contribution is -2.31. The topological polar surface area (TPSA) is 91.5 Å². The fourth-order valence-corrected chi connectivity index (χ4v) is 3.22. The van der Waals surface area contributed by atoms with Crippen LogP contribution in [0, 0.1) is 0 Å². The Hall–Kier alpha value is -2.28. The first kappa shape index (κ1) is 16.6. The van der Waals surface area contributed by atoms with Gasteiger partial charge in [-0.15, -0.1) is 0 Å². The van der Waals surface area contributed by atoms with Crippen LogP contribution in [0.1, 0.15) is 25.7 Å². The third kappa shape index (κ3) is 3.31. The zero-order chi connectivity index (χ0) is 17.1. The average Bonchev–Trinajstić information content (AvgIpc) is 2.60. The van der Waals surface area contributed by atoms with Gasteiger partial charge in [0.1, 0.15) is 5.82 Å². The molecule has 130 valence electrons. The van der Waals surface area contributed by atoms with Gasteiger partial charge in [0.2, 0.25) is 5.95 Å². The molecule has 2 atom stereocenters. The van der Waals surface area contributed by atoms with E-state index < -0.39 is 0 Å². The van der Waals surface area contributed by atoms with Crippen LogP contribution >= 0.6 is 0 Å². The Morgan fingerprint density at radius 3 is 2.54 bits per heavy atom. The van der Waals surface area contributed by atoms with Gasteiger partial charge in [-0.3, -0.25) is 0 Å². The molecule has 1 aliphatic carbocycles. The Kier molecular flexibility index (Phi) is 4.89. The molecule has 1 saturated carbocycles. The van der Waals surface area contributed by atoms with Crippen molar-refractivity contribution in [1.82, 2.24) is 9.97 Å². The first-order valence-electron chi connectivity index (χ1n) is 8.13. The normalized spacial score (nSPS) is 20.8. The molecule has 3 rings (SSSR count). The molecule has 7 heteroatoms. The maximum atomic E-state index is 6.12. The van der Waals surface area contributed by atoms with Crippen molar-refractivity contribution in [2.24, 2.45) is 0 Å². The van der Waals surface area contributed by atoms with E-state index in [1.54, 1.807) is 27.4 Å². The van der Waals surface area contributed by atoms with Gasteiger partial charge in [-0.2, -0.15) is 4.98 Å². The summed E-state index contributed by atoms with van der Waals surface area (Å²) in [7, 11) is 4.95. The maximum Gasteiger partial charge on any atom is 0.225 e. The summed E-state index contributed by atoms with van der Waals surface area (Å²) in [5.74, 6) is 2.18. The van der Waals surface area contributed by atoms with Gasteiger partial charge in [-0.1, -0.05) is 0 Å². The highest BCUT2D eigenvalue weighted by atomic mass is 16.5. The average molecular weight is 332 g/mol. The number of aromatic nitrogens is 2. The summed E-state index contributed by atoms with van der Waals surface area (Å²) < 4.78 is 16.1. The number of nitrogens with zero attached hydrogens (tertiary/aromatic N) is 2. The summed E-state index contributed by atoms with van der Waals surface area (Å²) in [6.45, 7) is 0. The fourth-order valence-electron chi connectivity index (χ4n) is 3.22. The van der Waals surface area contributed by atoms with Gasteiger partial charge in [-0.05, 0) is 31.7 Å². The minimum atomic E-state index is 0.290. The summed E-state index contributed by atoms with van der Waals surface area (Å²) in [6.07, 6.45) is 4.55. The third-order valence-corrected chi connectivity index (χ3v) is 4.52. The monoisotopic (exact) mass is 332 g/mol. The zero-order valence-electron chi connectivity index (χ0n) is 14.3. The molecule has 7 nitrogen and oxygen atoms in total. The predicted octanol–water partition coefficient (Wildman–Crippen LogP) is 2.60. The third-order valence-electron chi connectivity index (χ3n) is 4.52. The molecule has 2 aromatic rings. The zero-order valence-corrected chi connectivity index (χ0v) is 14.3. The first-order chi connectivity index (χ1) is 11.6. The van der Waals surface area contributed by atoms with Crippen molar-refractivity contribution in [1.29, 1.82) is 0 Å². The fraction of sp³-hybridized carbons (Fsp3) is 0.529. The van der Waals surface area contributed by atoms with Crippen molar-refractivity contribution in [3.05, 3.63) is 12.1 Å². The Balaban J connectivity index is 1.89. The lowest BCUT2D eigenvalue weighted by atomic mass is 9.93. The molecule has 0 saturated heterocycles. The Labute approximate surface area is 141 Å². The number of anilines is 2. The Morgan fingerprint density at radius 1 is 1.08 bits per heavy atom. The maximum absolute atomic E-state index is 6.12. The van der Waals surface area contributed by atoms with Crippen molar-refractivity contribution in [3.63, 3.8) is 0 Å². The van der Waals surface area contributed by atoms with Gasteiger partial charge >= 0.3 is 0 Å². The van der Waals surface area contributed by atoms with Gasteiger partial charge in [0, 0.05) is 24.6 Å². The van der Waals surface area contributed by atoms with Crippen LogP contribution in [0.15, 0.2) is 12.1 Å². The quantitative estimate of drug-likeness (QED) is 0.869. The number of nitrogens with two attached hydrogens (primary N) is 1. The number of rotatable bonds is 5. The van der Waals surface area contributed by atoms with E-state index in [-0.39, 0.29) is 0 Å². The van der Waals surface area contributed by atoms with E-state index in [0.717, 1.165) is 36.6 Å². The molecule has 1 heterocycles. The minimum Gasteiger partial charge on any atom is -0.493 e. The molecule has 3 N–H and O–H groups in total. The molecular weight excluding hydrogens is 308 g/mol. The molecule has 2 unspecified atom stereocenters. The lowest BCUT2D eigenvalue weighted by Gasteiger charge is -2.28. The molecule has 1 aromatic carbocycles. The Bertz CT molecular complexity index is 723. The van der Waals surface area contributed by atoms with E-state index in [9.17, 15) is 0 Å². The molecule has 0 radical (unpaired) electrons. The van der Waals surface area contributed by atoms with Gasteiger partial charge in [0.25, 0.3) is 0 Å². The van der Waals surface area contributed by atoms with Crippen LogP contribution in [0.25, 0.3) is 10.9 Å². The standard InChI is InChI=1S/C17H24N4O3/c1-22-11-6-4-5-10(7-11)19-17-20-13-9-15(24-3)14(23-2)8-12(13)16(18)21-17/h8-11H,4-7H2,1-3H3,(H3,18,19,20,21).